The molecule has 0 radical (unpaired) electrons. The Morgan fingerprint density at radius 3 is 1.74 bits per heavy atom. The second kappa shape index (κ2) is 13.0. The number of anilines is 3. The first-order valence-electron chi connectivity index (χ1n) is 20.1. The van der Waals surface area contributed by atoms with E-state index in [0.717, 1.165) is 22.7 Å². The molecule has 10 rings (SSSR count). The topological polar surface area (TPSA) is 13.1 Å². The fourth-order valence-electron chi connectivity index (χ4n) is 8.83. The van der Waals surface area contributed by atoms with E-state index in [1.165, 1.54) is 71.2 Å². The molecule has 0 saturated carbocycles. The van der Waals surface area contributed by atoms with Gasteiger partial charge in [0.2, 0.25) is 0 Å². The highest BCUT2D eigenvalue weighted by molar-refractivity contribution is 6.22. The van der Waals surface area contributed by atoms with Crippen molar-refractivity contribution in [3.8, 4) is 11.4 Å². The molecule has 278 valence electrons. The lowest BCUT2D eigenvalue weighted by Gasteiger charge is -2.29. The molecule has 0 spiro atoms. The molecule has 57 heavy (non-hydrogen) atoms. The zero-order valence-electron chi connectivity index (χ0n) is 33.6. The summed E-state index contributed by atoms with van der Waals surface area (Å²) in [7, 11) is 0. The minimum Gasteiger partial charge on any atom is -0.309 e. The van der Waals surface area contributed by atoms with Gasteiger partial charge < -0.3 is 14.0 Å². The number of nitrogens with zero attached hydrogens (tertiary/aromatic N) is 3. The highest BCUT2D eigenvalue weighted by Crippen LogP contribution is 2.46. The predicted molar refractivity (Wildman–Crippen MR) is 245 cm³/mol. The number of para-hydroxylation sites is 4. The summed E-state index contributed by atoms with van der Waals surface area (Å²) in [6.45, 7) is 13.9. The van der Waals surface area contributed by atoms with E-state index < -0.39 is 0 Å². The zero-order valence-corrected chi connectivity index (χ0v) is 33.6. The van der Waals surface area contributed by atoms with Gasteiger partial charge in [-0.1, -0.05) is 151 Å². The molecule has 0 atom stereocenters. The lowest BCUT2D eigenvalue weighted by Crippen LogP contribution is -2.17. The lowest BCUT2D eigenvalue weighted by atomic mass is 9.80. The molecule has 2 aromatic heterocycles. The summed E-state index contributed by atoms with van der Waals surface area (Å²) >= 11 is 0. The van der Waals surface area contributed by atoms with Gasteiger partial charge >= 0.3 is 0 Å². The predicted octanol–water partition coefficient (Wildman–Crippen LogP) is 15.1. The molecule has 8 aromatic carbocycles. The van der Waals surface area contributed by atoms with Crippen LogP contribution in [-0.4, -0.2) is 9.13 Å². The summed E-state index contributed by atoms with van der Waals surface area (Å²) in [5.41, 5.74) is 13.0. The van der Waals surface area contributed by atoms with Crippen molar-refractivity contribution in [2.24, 2.45) is 0 Å². The minimum atomic E-state index is -0.0222. The van der Waals surface area contributed by atoms with Gasteiger partial charge in [0.15, 0.2) is 0 Å². The molecule has 0 unspecified atom stereocenters. The van der Waals surface area contributed by atoms with E-state index in [9.17, 15) is 0 Å². The molecule has 2 heterocycles. The molecular weight excluding hydrogens is 691 g/mol. The third-order valence-electron chi connectivity index (χ3n) is 11.7. The molecule has 3 nitrogen and oxygen atoms in total. The maximum Gasteiger partial charge on any atom is 0.0782 e. The van der Waals surface area contributed by atoms with Crippen LogP contribution in [0.3, 0.4) is 0 Å². The average molecular weight is 738 g/mol. The first-order chi connectivity index (χ1) is 27.6. The third kappa shape index (κ3) is 5.72. The monoisotopic (exact) mass is 737 g/mol. The van der Waals surface area contributed by atoms with E-state index in [4.69, 9.17) is 0 Å². The fourth-order valence-corrected chi connectivity index (χ4v) is 8.83. The van der Waals surface area contributed by atoms with Crippen molar-refractivity contribution in [1.29, 1.82) is 0 Å². The molecule has 0 saturated heterocycles. The quantitative estimate of drug-likeness (QED) is 0.171. The Morgan fingerprint density at radius 1 is 0.386 bits per heavy atom. The highest BCUT2D eigenvalue weighted by Gasteiger charge is 2.26. The number of hydrogen-bond donors (Lipinski definition) is 0. The number of rotatable bonds is 5. The molecule has 3 heteroatoms. The van der Waals surface area contributed by atoms with Crippen LogP contribution in [0.5, 0.6) is 0 Å². The Labute approximate surface area is 335 Å². The van der Waals surface area contributed by atoms with Gasteiger partial charge in [-0.3, -0.25) is 0 Å². The molecule has 10 aromatic rings. The first kappa shape index (κ1) is 34.9. The zero-order chi connectivity index (χ0) is 39.1. The lowest BCUT2D eigenvalue weighted by molar-refractivity contribution is 0.568. The van der Waals surface area contributed by atoms with Crippen molar-refractivity contribution < 1.29 is 0 Å². The second-order valence-electron chi connectivity index (χ2n) is 17.5. The van der Waals surface area contributed by atoms with Gasteiger partial charge in [0.25, 0.3) is 0 Å². The van der Waals surface area contributed by atoms with E-state index in [1.54, 1.807) is 0 Å². The highest BCUT2D eigenvalue weighted by atomic mass is 15.2. The maximum absolute atomic E-state index is 2.52. The van der Waals surface area contributed by atoms with Crippen LogP contribution in [0.1, 0.15) is 52.7 Å². The van der Waals surface area contributed by atoms with Crippen LogP contribution < -0.4 is 4.90 Å². The van der Waals surface area contributed by atoms with E-state index >= 15 is 0 Å². The van der Waals surface area contributed by atoms with Gasteiger partial charge in [0.1, 0.15) is 0 Å². The minimum absolute atomic E-state index is 0.0222. The van der Waals surface area contributed by atoms with Gasteiger partial charge in [0.05, 0.1) is 27.8 Å². The van der Waals surface area contributed by atoms with Crippen molar-refractivity contribution in [1.82, 2.24) is 9.13 Å². The summed E-state index contributed by atoms with van der Waals surface area (Å²) in [4.78, 5) is 2.46. The number of fused-ring (bicyclic) bond motifs is 8. The molecule has 0 fully saturated rings. The fraction of sp³-hybridized carbons (Fsp3) is 0.148. The van der Waals surface area contributed by atoms with E-state index in [-0.39, 0.29) is 10.8 Å². The summed E-state index contributed by atoms with van der Waals surface area (Å²) in [5.74, 6) is 0. The Hall–Kier alpha value is -6.58. The standard InChI is InChI=1S/C54H47N3/c1-53(2,3)37-32-38(54(4,5)6)34-42(33-37)57-47-26-16-15-24-44(47)45-25-17-27-49(52(45)57)55(39-19-9-7-10-20-39)41-29-30-46-50(35-41)56(40-21-11-8-12-22-40)48-31-28-36-18-13-14-23-43(36)51(46)48/h7-35H,1-6H3. The summed E-state index contributed by atoms with van der Waals surface area (Å²) in [6.07, 6.45) is 0. The van der Waals surface area contributed by atoms with Crippen molar-refractivity contribution in [3.05, 3.63) is 187 Å². The van der Waals surface area contributed by atoms with Crippen LogP contribution in [0.2, 0.25) is 0 Å². The van der Waals surface area contributed by atoms with Gasteiger partial charge in [-0.25, -0.2) is 0 Å². The SMILES string of the molecule is CC(C)(C)c1cc(-n2c3ccccc3c3cccc(N(c4ccccc4)c4ccc5c6c7ccccc7ccc6n(-c6ccccc6)c5c4)c32)cc(C(C)(C)C)c1. The Morgan fingerprint density at radius 2 is 1.02 bits per heavy atom. The van der Waals surface area contributed by atoms with Gasteiger partial charge in [0, 0.05) is 44.3 Å². The van der Waals surface area contributed by atoms with Crippen molar-refractivity contribution in [2.45, 2.75) is 52.4 Å². The van der Waals surface area contributed by atoms with Crippen molar-refractivity contribution in [2.75, 3.05) is 4.90 Å². The maximum atomic E-state index is 2.52. The number of benzene rings is 8. The van der Waals surface area contributed by atoms with E-state index in [2.05, 4.69) is 232 Å². The molecule has 0 bridgehead atoms. The normalized spacial score (nSPS) is 12.4. The summed E-state index contributed by atoms with van der Waals surface area (Å²) in [5, 5.41) is 7.50. The summed E-state index contributed by atoms with van der Waals surface area (Å²) < 4.78 is 4.96. The molecule has 0 amide bonds. The van der Waals surface area contributed by atoms with Crippen LogP contribution in [0, 0.1) is 0 Å². The van der Waals surface area contributed by atoms with Crippen LogP contribution in [0.25, 0.3) is 65.8 Å². The van der Waals surface area contributed by atoms with Crippen molar-refractivity contribution >= 4 is 71.4 Å². The van der Waals surface area contributed by atoms with Gasteiger partial charge in [-0.15, -0.1) is 0 Å². The van der Waals surface area contributed by atoms with Crippen LogP contribution in [-0.2, 0) is 10.8 Å². The molecule has 0 aliphatic heterocycles. The number of hydrogen-bond acceptors (Lipinski definition) is 1. The van der Waals surface area contributed by atoms with Crippen LogP contribution in [0.4, 0.5) is 17.1 Å². The molecule has 0 N–H and O–H groups in total. The Kier molecular flexibility index (Phi) is 7.95. The van der Waals surface area contributed by atoms with Gasteiger partial charge in [-0.05, 0) is 99.5 Å². The Balaban J connectivity index is 1.31. The van der Waals surface area contributed by atoms with E-state index in [1.807, 2.05) is 0 Å². The van der Waals surface area contributed by atoms with E-state index in [0.29, 0.717) is 0 Å². The van der Waals surface area contributed by atoms with Crippen LogP contribution in [0.15, 0.2) is 176 Å². The molecule has 0 aliphatic rings. The smallest absolute Gasteiger partial charge is 0.0782 e. The largest absolute Gasteiger partial charge is 0.309 e. The first-order valence-corrected chi connectivity index (χ1v) is 20.1. The van der Waals surface area contributed by atoms with Crippen LogP contribution >= 0.6 is 0 Å². The number of aromatic nitrogens is 2. The van der Waals surface area contributed by atoms with Gasteiger partial charge in [-0.2, -0.15) is 0 Å². The molecule has 0 aliphatic carbocycles. The average Bonchev–Trinajstić information content (AvgIpc) is 3.74. The second-order valence-corrected chi connectivity index (χ2v) is 17.5. The molecular formula is C54H47N3. The summed E-state index contributed by atoms with van der Waals surface area (Å²) in [6, 6.07) is 65.0. The Bertz CT molecular complexity index is 3100. The van der Waals surface area contributed by atoms with Crippen molar-refractivity contribution in [3.63, 3.8) is 0 Å². The third-order valence-corrected chi connectivity index (χ3v) is 11.7.